The SMILES string of the molecule is Cc1c(CNCC2CCCCN2C(=O)OC(C)(C)C)cnn1C. The molecule has 1 saturated heterocycles. The summed E-state index contributed by atoms with van der Waals surface area (Å²) in [6.07, 6.45) is 4.95. The number of hydrogen-bond acceptors (Lipinski definition) is 4. The number of likely N-dealkylation sites (tertiary alicyclic amines) is 1. The zero-order valence-corrected chi connectivity index (χ0v) is 15.1. The molecule has 1 amide bonds. The summed E-state index contributed by atoms with van der Waals surface area (Å²) in [6, 6.07) is 0.204. The van der Waals surface area contributed by atoms with Crippen molar-refractivity contribution in [2.75, 3.05) is 13.1 Å². The number of carbonyl (C=O) groups excluding carboxylic acids is 1. The van der Waals surface area contributed by atoms with Gasteiger partial charge in [-0.3, -0.25) is 4.68 Å². The molecule has 1 aromatic heterocycles. The van der Waals surface area contributed by atoms with E-state index in [0.29, 0.717) is 0 Å². The molecular weight excluding hydrogens is 292 g/mol. The minimum atomic E-state index is -0.445. The predicted molar refractivity (Wildman–Crippen MR) is 90.2 cm³/mol. The zero-order valence-electron chi connectivity index (χ0n) is 15.1. The Balaban J connectivity index is 1.88. The van der Waals surface area contributed by atoms with Crippen molar-refractivity contribution in [1.29, 1.82) is 0 Å². The zero-order chi connectivity index (χ0) is 17.0. The lowest BCUT2D eigenvalue weighted by Crippen LogP contribution is -2.50. The van der Waals surface area contributed by atoms with Gasteiger partial charge in [0.2, 0.25) is 0 Å². The second-order valence-electron chi connectivity index (χ2n) is 7.33. The molecule has 6 heteroatoms. The monoisotopic (exact) mass is 322 g/mol. The Bertz CT molecular complexity index is 533. The van der Waals surface area contributed by atoms with Gasteiger partial charge in [-0.1, -0.05) is 0 Å². The van der Waals surface area contributed by atoms with Crippen LogP contribution in [-0.4, -0.2) is 45.5 Å². The van der Waals surface area contributed by atoms with Crippen molar-refractivity contribution in [1.82, 2.24) is 20.0 Å². The number of amides is 1. The summed E-state index contributed by atoms with van der Waals surface area (Å²) in [5.41, 5.74) is 1.93. The fourth-order valence-electron chi connectivity index (χ4n) is 2.86. The number of hydrogen-bond donors (Lipinski definition) is 1. The summed E-state index contributed by atoms with van der Waals surface area (Å²) in [5.74, 6) is 0. The molecule has 1 unspecified atom stereocenters. The van der Waals surface area contributed by atoms with Crippen molar-refractivity contribution >= 4 is 6.09 Å². The van der Waals surface area contributed by atoms with Gasteiger partial charge in [0.25, 0.3) is 0 Å². The molecule has 0 spiro atoms. The second-order valence-corrected chi connectivity index (χ2v) is 7.33. The first-order valence-electron chi connectivity index (χ1n) is 8.46. The Kier molecular flexibility index (Phi) is 5.68. The molecule has 0 aliphatic carbocycles. The van der Waals surface area contributed by atoms with Crippen LogP contribution in [0.15, 0.2) is 6.20 Å². The largest absolute Gasteiger partial charge is 0.444 e. The number of rotatable bonds is 4. The molecule has 2 rings (SSSR count). The van der Waals surface area contributed by atoms with E-state index in [1.54, 1.807) is 0 Å². The number of nitrogens with zero attached hydrogens (tertiary/aromatic N) is 3. The summed E-state index contributed by atoms with van der Waals surface area (Å²) in [5, 5.41) is 7.73. The third-order valence-electron chi connectivity index (χ3n) is 4.29. The van der Waals surface area contributed by atoms with E-state index in [-0.39, 0.29) is 12.1 Å². The molecule has 0 radical (unpaired) electrons. The molecule has 2 heterocycles. The normalized spacial score (nSPS) is 19.0. The molecule has 0 bridgehead atoms. The number of nitrogens with one attached hydrogen (secondary N) is 1. The average Bonchev–Trinajstić information content (AvgIpc) is 2.78. The van der Waals surface area contributed by atoms with Gasteiger partial charge in [-0.2, -0.15) is 5.10 Å². The quantitative estimate of drug-likeness (QED) is 0.926. The summed E-state index contributed by atoms with van der Waals surface area (Å²) >= 11 is 0. The van der Waals surface area contributed by atoms with E-state index in [1.807, 2.05) is 43.6 Å². The maximum absolute atomic E-state index is 12.4. The van der Waals surface area contributed by atoms with Crippen LogP contribution in [-0.2, 0) is 18.3 Å². The van der Waals surface area contributed by atoms with Gasteiger partial charge in [0.05, 0.1) is 6.20 Å². The highest BCUT2D eigenvalue weighted by molar-refractivity contribution is 5.68. The molecular formula is C17H30N4O2. The first-order valence-corrected chi connectivity index (χ1v) is 8.46. The lowest BCUT2D eigenvalue weighted by Gasteiger charge is -2.36. The second kappa shape index (κ2) is 7.34. The van der Waals surface area contributed by atoms with Gasteiger partial charge in [0.15, 0.2) is 0 Å². The van der Waals surface area contributed by atoms with Crippen LogP contribution in [0.4, 0.5) is 4.79 Å². The molecule has 130 valence electrons. The first kappa shape index (κ1) is 17.8. The minimum absolute atomic E-state index is 0.193. The Hall–Kier alpha value is -1.56. The van der Waals surface area contributed by atoms with Crippen molar-refractivity contribution < 1.29 is 9.53 Å². The van der Waals surface area contributed by atoms with Crippen LogP contribution in [0.25, 0.3) is 0 Å². The topological polar surface area (TPSA) is 59.4 Å². The highest BCUT2D eigenvalue weighted by Crippen LogP contribution is 2.20. The molecule has 23 heavy (non-hydrogen) atoms. The van der Waals surface area contributed by atoms with E-state index in [2.05, 4.69) is 17.3 Å². The Morgan fingerprint density at radius 1 is 1.43 bits per heavy atom. The Labute approximate surface area is 139 Å². The van der Waals surface area contributed by atoms with Gasteiger partial charge in [0.1, 0.15) is 5.60 Å². The fraction of sp³-hybridized carbons (Fsp3) is 0.765. The van der Waals surface area contributed by atoms with Crippen molar-refractivity contribution in [3.63, 3.8) is 0 Å². The van der Waals surface area contributed by atoms with Crippen LogP contribution in [0.5, 0.6) is 0 Å². The lowest BCUT2D eigenvalue weighted by molar-refractivity contribution is 0.00993. The molecule has 1 atom stereocenters. The third-order valence-corrected chi connectivity index (χ3v) is 4.29. The Morgan fingerprint density at radius 3 is 2.78 bits per heavy atom. The van der Waals surface area contributed by atoms with E-state index >= 15 is 0 Å². The van der Waals surface area contributed by atoms with Gasteiger partial charge in [-0.25, -0.2) is 4.79 Å². The molecule has 6 nitrogen and oxygen atoms in total. The molecule has 1 aromatic rings. The van der Waals surface area contributed by atoms with Crippen LogP contribution in [0.1, 0.15) is 51.3 Å². The third kappa shape index (κ3) is 4.96. The van der Waals surface area contributed by atoms with E-state index in [0.717, 1.165) is 38.9 Å². The van der Waals surface area contributed by atoms with Crippen molar-refractivity contribution in [2.45, 2.75) is 65.1 Å². The van der Waals surface area contributed by atoms with E-state index < -0.39 is 5.60 Å². The summed E-state index contributed by atoms with van der Waals surface area (Å²) in [6.45, 7) is 10.1. The molecule has 1 fully saturated rings. The fourth-order valence-corrected chi connectivity index (χ4v) is 2.86. The highest BCUT2D eigenvalue weighted by atomic mass is 16.6. The maximum atomic E-state index is 12.4. The van der Waals surface area contributed by atoms with Crippen LogP contribution in [0.3, 0.4) is 0 Å². The maximum Gasteiger partial charge on any atom is 0.410 e. The highest BCUT2D eigenvalue weighted by Gasteiger charge is 2.30. The van der Waals surface area contributed by atoms with Crippen molar-refractivity contribution in [3.05, 3.63) is 17.5 Å². The number of ether oxygens (including phenoxy) is 1. The molecule has 0 aromatic carbocycles. The van der Waals surface area contributed by atoms with Crippen LogP contribution in [0.2, 0.25) is 0 Å². The summed E-state index contributed by atoms with van der Waals surface area (Å²) in [4.78, 5) is 14.3. The van der Waals surface area contributed by atoms with Gasteiger partial charge >= 0.3 is 6.09 Å². The number of piperidine rings is 1. The van der Waals surface area contributed by atoms with E-state index in [1.165, 1.54) is 11.3 Å². The molecule has 1 aliphatic rings. The summed E-state index contributed by atoms with van der Waals surface area (Å²) < 4.78 is 7.42. The van der Waals surface area contributed by atoms with Gasteiger partial charge < -0.3 is 15.0 Å². The average molecular weight is 322 g/mol. The van der Waals surface area contributed by atoms with Crippen LogP contribution < -0.4 is 5.32 Å². The standard InChI is InChI=1S/C17H30N4O2/c1-13-14(11-19-20(13)5)10-18-12-15-8-6-7-9-21(15)16(22)23-17(2,3)4/h11,15,18H,6-10,12H2,1-5H3. The van der Waals surface area contributed by atoms with Crippen LogP contribution >= 0.6 is 0 Å². The minimum Gasteiger partial charge on any atom is -0.444 e. The lowest BCUT2D eigenvalue weighted by atomic mass is 10.0. The van der Waals surface area contributed by atoms with Crippen molar-refractivity contribution in [2.24, 2.45) is 7.05 Å². The van der Waals surface area contributed by atoms with E-state index in [9.17, 15) is 4.79 Å². The van der Waals surface area contributed by atoms with Gasteiger partial charge in [-0.15, -0.1) is 0 Å². The van der Waals surface area contributed by atoms with E-state index in [4.69, 9.17) is 4.74 Å². The molecule has 1 aliphatic heterocycles. The van der Waals surface area contributed by atoms with Gasteiger partial charge in [0, 0.05) is 44.0 Å². The smallest absolute Gasteiger partial charge is 0.410 e. The number of aryl methyl sites for hydroxylation is 1. The van der Waals surface area contributed by atoms with Gasteiger partial charge in [-0.05, 0) is 47.0 Å². The number of carbonyl (C=O) groups is 1. The van der Waals surface area contributed by atoms with Crippen LogP contribution in [0, 0.1) is 6.92 Å². The predicted octanol–water partition coefficient (Wildman–Crippen LogP) is 2.61. The first-order chi connectivity index (χ1) is 10.8. The van der Waals surface area contributed by atoms with Crippen molar-refractivity contribution in [3.8, 4) is 0 Å². The number of aromatic nitrogens is 2. The molecule has 1 N–H and O–H groups in total. The Morgan fingerprint density at radius 2 is 2.17 bits per heavy atom. The molecule has 0 saturated carbocycles. The summed E-state index contributed by atoms with van der Waals surface area (Å²) in [7, 11) is 1.95.